The summed E-state index contributed by atoms with van der Waals surface area (Å²) in [6.07, 6.45) is 2.17. The molecule has 0 bridgehead atoms. The first kappa shape index (κ1) is 12.1. The van der Waals surface area contributed by atoms with Crippen LogP contribution in [0.15, 0.2) is 16.5 Å². The van der Waals surface area contributed by atoms with Gasteiger partial charge in [0.1, 0.15) is 5.76 Å². The highest BCUT2D eigenvalue weighted by atomic mass is 16.5. The van der Waals surface area contributed by atoms with E-state index in [1.54, 1.807) is 12.1 Å². The number of nitrogens with two attached hydrogens (primary N) is 1. The smallest absolute Gasteiger partial charge is 0.287 e. The minimum Gasteiger partial charge on any atom is -0.455 e. The van der Waals surface area contributed by atoms with Crippen LogP contribution in [0.1, 0.15) is 29.2 Å². The number of amides is 1. The molecule has 0 aliphatic carbocycles. The van der Waals surface area contributed by atoms with Crippen molar-refractivity contribution in [3.05, 3.63) is 23.7 Å². The summed E-state index contributed by atoms with van der Waals surface area (Å²) in [5.41, 5.74) is 5.41. The van der Waals surface area contributed by atoms with Crippen molar-refractivity contribution in [2.45, 2.75) is 19.4 Å². The van der Waals surface area contributed by atoms with Crippen molar-refractivity contribution in [1.82, 2.24) is 5.32 Å². The third-order valence-electron chi connectivity index (χ3n) is 2.89. The number of rotatable bonds is 4. The lowest BCUT2D eigenvalue weighted by Gasteiger charge is -2.21. The van der Waals surface area contributed by atoms with Crippen molar-refractivity contribution in [1.29, 1.82) is 0 Å². The number of furan rings is 1. The second-order valence-electron chi connectivity index (χ2n) is 4.26. The Bertz CT molecular complexity index is 370. The molecular weight excluding hydrogens is 220 g/mol. The van der Waals surface area contributed by atoms with E-state index < -0.39 is 0 Å². The van der Waals surface area contributed by atoms with Gasteiger partial charge in [0.15, 0.2) is 5.76 Å². The van der Waals surface area contributed by atoms with Crippen LogP contribution >= 0.6 is 0 Å². The van der Waals surface area contributed by atoms with Crippen LogP contribution in [0.2, 0.25) is 0 Å². The molecule has 1 aromatic rings. The summed E-state index contributed by atoms with van der Waals surface area (Å²) in [4.78, 5) is 11.7. The molecule has 2 rings (SSSR count). The fourth-order valence-corrected chi connectivity index (χ4v) is 1.90. The molecule has 3 N–H and O–H groups in total. The summed E-state index contributed by atoms with van der Waals surface area (Å²) in [5, 5.41) is 2.85. The fraction of sp³-hybridized carbons (Fsp3) is 0.583. The summed E-state index contributed by atoms with van der Waals surface area (Å²) in [7, 11) is 0. The molecule has 17 heavy (non-hydrogen) atoms. The molecule has 0 saturated carbocycles. The molecule has 5 heteroatoms. The quantitative estimate of drug-likeness (QED) is 0.816. The van der Waals surface area contributed by atoms with Crippen molar-refractivity contribution in [2.24, 2.45) is 11.7 Å². The first-order valence-electron chi connectivity index (χ1n) is 5.94. The molecular formula is C12H18N2O3. The second kappa shape index (κ2) is 5.84. The van der Waals surface area contributed by atoms with E-state index in [1.807, 2.05) is 0 Å². The maximum absolute atomic E-state index is 11.7. The van der Waals surface area contributed by atoms with E-state index in [0.29, 0.717) is 30.5 Å². The van der Waals surface area contributed by atoms with Gasteiger partial charge in [0.2, 0.25) is 0 Å². The van der Waals surface area contributed by atoms with Crippen molar-refractivity contribution in [3.8, 4) is 0 Å². The molecule has 5 nitrogen and oxygen atoms in total. The number of carbonyl (C=O) groups excluding carboxylic acids is 1. The van der Waals surface area contributed by atoms with Crippen LogP contribution in [0.4, 0.5) is 0 Å². The van der Waals surface area contributed by atoms with Crippen molar-refractivity contribution >= 4 is 5.91 Å². The van der Waals surface area contributed by atoms with Crippen LogP contribution in [0.25, 0.3) is 0 Å². The van der Waals surface area contributed by atoms with Crippen LogP contribution in [-0.4, -0.2) is 25.7 Å². The van der Waals surface area contributed by atoms with E-state index in [2.05, 4.69) is 5.32 Å². The number of ether oxygens (including phenoxy) is 1. The third-order valence-corrected chi connectivity index (χ3v) is 2.89. The molecule has 1 unspecified atom stereocenters. The summed E-state index contributed by atoms with van der Waals surface area (Å²) in [6, 6.07) is 3.37. The van der Waals surface area contributed by atoms with Crippen LogP contribution in [0.5, 0.6) is 0 Å². The highest BCUT2D eigenvalue weighted by Crippen LogP contribution is 2.13. The van der Waals surface area contributed by atoms with E-state index in [0.717, 1.165) is 26.1 Å². The highest BCUT2D eigenvalue weighted by Gasteiger charge is 2.16. The molecule has 94 valence electrons. The van der Waals surface area contributed by atoms with E-state index in [1.165, 1.54) is 0 Å². The van der Waals surface area contributed by atoms with Gasteiger partial charge in [-0.15, -0.1) is 0 Å². The lowest BCUT2D eigenvalue weighted by atomic mass is 10.0. The second-order valence-corrected chi connectivity index (χ2v) is 4.26. The van der Waals surface area contributed by atoms with Crippen LogP contribution in [-0.2, 0) is 11.3 Å². The molecule has 1 aromatic heterocycles. The summed E-state index contributed by atoms with van der Waals surface area (Å²) >= 11 is 0. The van der Waals surface area contributed by atoms with Crippen molar-refractivity contribution < 1.29 is 13.9 Å². The average Bonchev–Trinajstić information content (AvgIpc) is 2.86. The van der Waals surface area contributed by atoms with Gasteiger partial charge in [0.25, 0.3) is 5.91 Å². The highest BCUT2D eigenvalue weighted by molar-refractivity contribution is 5.91. The standard InChI is InChI=1S/C12H18N2O3/c13-6-10-3-4-11(17-10)12(15)14-7-9-2-1-5-16-8-9/h3-4,9H,1-2,5-8,13H2,(H,14,15). The predicted octanol–water partition coefficient (Wildman–Crippen LogP) is 0.895. The van der Waals surface area contributed by atoms with Crippen LogP contribution in [0, 0.1) is 5.92 Å². The van der Waals surface area contributed by atoms with Crippen molar-refractivity contribution in [3.63, 3.8) is 0 Å². The minimum absolute atomic E-state index is 0.185. The molecule has 0 radical (unpaired) electrons. The van der Waals surface area contributed by atoms with Crippen LogP contribution < -0.4 is 11.1 Å². The van der Waals surface area contributed by atoms with Crippen molar-refractivity contribution in [2.75, 3.05) is 19.8 Å². The fourth-order valence-electron chi connectivity index (χ4n) is 1.90. The zero-order valence-corrected chi connectivity index (χ0v) is 9.78. The topological polar surface area (TPSA) is 77.5 Å². The van der Waals surface area contributed by atoms with E-state index in [-0.39, 0.29) is 5.91 Å². The Morgan fingerprint density at radius 2 is 2.41 bits per heavy atom. The van der Waals surface area contributed by atoms with Gasteiger partial charge in [0, 0.05) is 13.2 Å². The van der Waals surface area contributed by atoms with Gasteiger partial charge < -0.3 is 20.2 Å². The average molecular weight is 238 g/mol. The van der Waals surface area contributed by atoms with Gasteiger partial charge in [-0.1, -0.05) is 0 Å². The Balaban J connectivity index is 1.80. The molecule has 1 amide bonds. The Morgan fingerprint density at radius 1 is 1.53 bits per heavy atom. The van der Waals surface area contributed by atoms with E-state index in [4.69, 9.17) is 14.9 Å². The zero-order chi connectivity index (χ0) is 12.1. The van der Waals surface area contributed by atoms with Gasteiger partial charge in [-0.25, -0.2) is 0 Å². The van der Waals surface area contributed by atoms with Gasteiger partial charge in [0.05, 0.1) is 13.2 Å². The van der Waals surface area contributed by atoms with Gasteiger partial charge >= 0.3 is 0 Å². The number of hydrogen-bond acceptors (Lipinski definition) is 4. The maximum atomic E-state index is 11.7. The Hall–Kier alpha value is -1.33. The molecule has 0 aromatic carbocycles. The Labute approximate surface area is 100 Å². The van der Waals surface area contributed by atoms with Gasteiger partial charge in [-0.3, -0.25) is 4.79 Å². The van der Waals surface area contributed by atoms with Crippen LogP contribution in [0.3, 0.4) is 0 Å². The minimum atomic E-state index is -0.185. The summed E-state index contributed by atoms with van der Waals surface area (Å²) in [6.45, 7) is 2.51. The number of hydrogen-bond donors (Lipinski definition) is 2. The lowest BCUT2D eigenvalue weighted by molar-refractivity contribution is 0.0533. The lowest BCUT2D eigenvalue weighted by Crippen LogP contribution is -2.33. The molecule has 1 atom stereocenters. The predicted molar refractivity (Wildman–Crippen MR) is 62.5 cm³/mol. The Morgan fingerprint density at radius 3 is 3.06 bits per heavy atom. The Kier molecular flexibility index (Phi) is 4.17. The third kappa shape index (κ3) is 3.31. The monoisotopic (exact) mass is 238 g/mol. The molecule has 0 spiro atoms. The normalized spacial score (nSPS) is 20.2. The zero-order valence-electron chi connectivity index (χ0n) is 9.78. The molecule has 1 fully saturated rings. The first-order chi connectivity index (χ1) is 8.29. The SMILES string of the molecule is NCc1ccc(C(=O)NCC2CCCOC2)o1. The van der Waals surface area contributed by atoms with Gasteiger partial charge in [-0.2, -0.15) is 0 Å². The molecule has 1 aliphatic rings. The summed E-state index contributed by atoms with van der Waals surface area (Å²) < 4.78 is 10.6. The largest absolute Gasteiger partial charge is 0.455 e. The van der Waals surface area contributed by atoms with E-state index in [9.17, 15) is 4.79 Å². The number of carbonyl (C=O) groups is 1. The molecule has 2 heterocycles. The van der Waals surface area contributed by atoms with Gasteiger partial charge in [-0.05, 0) is 30.9 Å². The first-order valence-corrected chi connectivity index (χ1v) is 5.94. The summed E-state index contributed by atoms with van der Waals surface area (Å²) in [5.74, 6) is 1.17. The molecule has 1 aliphatic heterocycles. The number of nitrogens with one attached hydrogen (secondary N) is 1. The van der Waals surface area contributed by atoms with E-state index >= 15 is 0 Å². The molecule has 1 saturated heterocycles. The maximum Gasteiger partial charge on any atom is 0.287 e.